The molecule has 0 aliphatic carbocycles. The van der Waals surface area contributed by atoms with Crippen LogP contribution in [0.25, 0.3) is 0 Å². The van der Waals surface area contributed by atoms with Crippen molar-refractivity contribution in [1.29, 1.82) is 0 Å². The van der Waals surface area contributed by atoms with Crippen molar-refractivity contribution in [3.63, 3.8) is 0 Å². The Kier molecular flexibility index (Phi) is 4.85. The number of nitrogens with one attached hydrogen (secondary N) is 1. The highest BCUT2D eigenvalue weighted by atomic mass is 35.5. The Labute approximate surface area is 109 Å². The van der Waals surface area contributed by atoms with Crippen LogP contribution in [0.3, 0.4) is 0 Å². The molecule has 1 rings (SSSR count). The summed E-state index contributed by atoms with van der Waals surface area (Å²) in [6, 6.07) is 2.65. The number of carbonyl (C=O) groups excluding carboxylic acids is 1. The molecule has 0 unspecified atom stereocenters. The summed E-state index contributed by atoms with van der Waals surface area (Å²) in [7, 11) is 3.15. The number of halogens is 1. The van der Waals surface area contributed by atoms with Gasteiger partial charge in [0.2, 0.25) is 11.7 Å². The van der Waals surface area contributed by atoms with Gasteiger partial charge in [-0.3, -0.25) is 14.9 Å². The molecule has 0 aromatic carbocycles. The first kappa shape index (κ1) is 14.2. The van der Waals surface area contributed by atoms with Crippen molar-refractivity contribution >= 4 is 29.0 Å². The summed E-state index contributed by atoms with van der Waals surface area (Å²) in [5, 5.41) is 13.5. The van der Waals surface area contributed by atoms with Crippen LogP contribution in [0, 0.1) is 10.1 Å². The van der Waals surface area contributed by atoms with E-state index in [1.54, 1.807) is 7.05 Å². The zero-order chi connectivity index (χ0) is 13.7. The molecule has 1 N–H and O–H groups in total. The molecule has 0 saturated carbocycles. The summed E-state index contributed by atoms with van der Waals surface area (Å²) in [6.07, 6.45) is 0.221. The largest absolute Gasteiger partial charge is 0.359 e. The third-order valence-electron chi connectivity index (χ3n) is 2.33. The molecule has 0 radical (unpaired) electrons. The van der Waals surface area contributed by atoms with Gasteiger partial charge in [0.25, 0.3) is 0 Å². The molecule has 98 valence electrons. The quantitative estimate of drug-likeness (QED) is 0.494. The zero-order valence-electron chi connectivity index (χ0n) is 10.0. The maximum Gasteiger partial charge on any atom is 0.311 e. The fraction of sp³-hybridized carbons (Fsp3) is 0.400. The van der Waals surface area contributed by atoms with Gasteiger partial charge in [-0.15, -0.1) is 0 Å². The lowest BCUT2D eigenvalue weighted by Crippen LogP contribution is -2.27. The minimum Gasteiger partial charge on any atom is -0.359 e. The standard InChI is InChI=1S/C10H13ClN4O3/c1-12-9(16)5-6-14(2)10-7(15(17)18)3-4-8(11)13-10/h3-4H,5-6H2,1-2H3,(H,12,16). The fourth-order valence-electron chi connectivity index (χ4n) is 1.34. The van der Waals surface area contributed by atoms with E-state index in [-0.39, 0.29) is 29.0 Å². The van der Waals surface area contributed by atoms with Gasteiger partial charge < -0.3 is 10.2 Å². The van der Waals surface area contributed by atoms with Crippen LogP contribution in [0.15, 0.2) is 12.1 Å². The molecule has 0 saturated heterocycles. The topological polar surface area (TPSA) is 88.4 Å². The number of amides is 1. The van der Waals surface area contributed by atoms with Crippen LogP contribution >= 0.6 is 11.6 Å². The van der Waals surface area contributed by atoms with Crippen molar-refractivity contribution in [3.05, 3.63) is 27.4 Å². The average molecular weight is 273 g/mol. The summed E-state index contributed by atoms with van der Waals surface area (Å²) in [6.45, 7) is 0.313. The summed E-state index contributed by atoms with van der Waals surface area (Å²) >= 11 is 5.72. The minimum absolute atomic E-state index is 0.140. The highest BCUT2D eigenvalue weighted by molar-refractivity contribution is 6.29. The van der Waals surface area contributed by atoms with Crippen molar-refractivity contribution < 1.29 is 9.72 Å². The third kappa shape index (κ3) is 3.56. The molecule has 1 aromatic heterocycles. The second-order valence-corrected chi connectivity index (χ2v) is 3.97. The Bertz CT molecular complexity index is 466. The first-order valence-electron chi connectivity index (χ1n) is 5.18. The Balaban J connectivity index is 2.89. The van der Waals surface area contributed by atoms with Crippen LogP contribution in [0.1, 0.15) is 6.42 Å². The lowest BCUT2D eigenvalue weighted by atomic mass is 10.3. The van der Waals surface area contributed by atoms with Gasteiger partial charge in [-0.2, -0.15) is 0 Å². The molecule has 7 nitrogen and oxygen atoms in total. The van der Waals surface area contributed by atoms with E-state index in [0.717, 1.165) is 0 Å². The predicted molar refractivity (Wildman–Crippen MR) is 67.9 cm³/mol. The second-order valence-electron chi connectivity index (χ2n) is 3.58. The van der Waals surface area contributed by atoms with Crippen molar-refractivity contribution in [2.45, 2.75) is 6.42 Å². The summed E-state index contributed by atoms with van der Waals surface area (Å²) in [5.41, 5.74) is -0.140. The van der Waals surface area contributed by atoms with E-state index < -0.39 is 4.92 Å². The smallest absolute Gasteiger partial charge is 0.311 e. The van der Waals surface area contributed by atoms with Crippen molar-refractivity contribution in [2.75, 3.05) is 25.5 Å². The van der Waals surface area contributed by atoms with Crippen LogP contribution in [0.5, 0.6) is 0 Å². The Morgan fingerprint density at radius 2 is 2.28 bits per heavy atom. The van der Waals surface area contributed by atoms with Gasteiger partial charge >= 0.3 is 5.69 Å². The molecule has 18 heavy (non-hydrogen) atoms. The van der Waals surface area contributed by atoms with Crippen LogP contribution in [0.2, 0.25) is 5.15 Å². The van der Waals surface area contributed by atoms with Crippen molar-refractivity contribution in [3.8, 4) is 0 Å². The number of anilines is 1. The molecule has 1 heterocycles. The lowest BCUT2D eigenvalue weighted by Gasteiger charge is -2.17. The molecule has 0 aliphatic rings. The Morgan fingerprint density at radius 1 is 1.61 bits per heavy atom. The number of hydrogen-bond acceptors (Lipinski definition) is 5. The van der Waals surface area contributed by atoms with E-state index >= 15 is 0 Å². The first-order chi connectivity index (χ1) is 8.45. The van der Waals surface area contributed by atoms with E-state index in [1.807, 2.05) is 0 Å². The number of pyridine rings is 1. The van der Waals surface area contributed by atoms with Gasteiger partial charge in [-0.25, -0.2) is 4.98 Å². The number of rotatable bonds is 5. The fourth-order valence-corrected chi connectivity index (χ4v) is 1.48. The van der Waals surface area contributed by atoms with E-state index in [9.17, 15) is 14.9 Å². The molecular formula is C10H13ClN4O3. The Hall–Kier alpha value is -1.89. The summed E-state index contributed by atoms with van der Waals surface area (Å²) in [4.78, 5) is 26.9. The number of nitrogens with zero attached hydrogens (tertiary/aromatic N) is 3. The zero-order valence-corrected chi connectivity index (χ0v) is 10.8. The minimum atomic E-state index is -0.533. The molecule has 1 amide bonds. The molecule has 0 fully saturated rings. The highest BCUT2D eigenvalue weighted by Gasteiger charge is 2.19. The number of carbonyl (C=O) groups is 1. The van der Waals surface area contributed by atoms with Crippen LogP contribution in [-0.2, 0) is 4.79 Å². The second kappa shape index (κ2) is 6.15. The Morgan fingerprint density at radius 3 is 2.83 bits per heavy atom. The first-order valence-corrected chi connectivity index (χ1v) is 5.56. The maximum absolute atomic E-state index is 11.1. The maximum atomic E-state index is 11.1. The van der Waals surface area contributed by atoms with Gasteiger partial charge in [0.15, 0.2) is 0 Å². The van der Waals surface area contributed by atoms with E-state index in [0.29, 0.717) is 6.54 Å². The summed E-state index contributed by atoms with van der Waals surface area (Å²) < 4.78 is 0. The van der Waals surface area contributed by atoms with Crippen LogP contribution in [-0.4, -0.2) is 36.5 Å². The average Bonchev–Trinajstić information content (AvgIpc) is 2.34. The molecule has 0 atom stereocenters. The lowest BCUT2D eigenvalue weighted by molar-refractivity contribution is -0.384. The molecular weight excluding hydrogens is 260 g/mol. The monoisotopic (exact) mass is 272 g/mol. The van der Waals surface area contributed by atoms with Crippen LogP contribution < -0.4 is 10.2 Å². The predicted octanol–water partition coefficient (Wildman–Crippen LogP) is 1.22. The van der Waals surface area contributed by atoms with Gasteiger partial charge in [-0.05, 0) is 6.07 Å². The van der Waals surface area contributed by atoms with Crippen molar-refractivity contribution in [1.82, 2.24) is 10.3 Å². The SMILES string of the molecule is CNC(=O)CCN(C)c1nc(Cl)ccc1[N+](=O)[O-]. The van der Waals surface area contributed by atoms with Crippen molar-refractivity contribution in [2.24, 2.45) is 0 Å². The van der Waals surface area contributed by atoms with Gasteiger partial charge in [0.1, 0.15) is 5.15 Å². The highest BCUT2D eigenvalue weighted by Crippen LogP contribution is 2.26. The molecule has 0 spiro atoms. The number of aromatic nitrogens is 1. The molecule has 0 aliphatic heterocycles. The van der Waals surface area contributed by atoms with Gasteiger partial charge in [0, 0.05) is 33.1 Å². The molecule has 1 aromatic rings. The third-order valence-corrected chi connectivity index (χ3v) is 2.54. The van der Waals surface area contributed by atoms with Gasteiger partial charge in [-0.1, -0.05) is 11.6 Å². The van der Waals surface area contributed by atoms with E-state index in [1.165, 1.54) is 24.1 Å². The summed E-state index contributed by atoms with van der Waals surface area (Å²) in [5.74, 6) is 0.00272. The van der Waals surface area contributed by atoms with Crippen LogP contribution in [0.4, 0.5) is 11.5 Å². The van der Waals surface area contributed by atoms with E-state index in [2.05, 4.69) is 10.3 Å². The molecule has 8 heteroatoms. The van der Waals surface area contributed by atoms with E-state index in [4.69, 9.17) is 11.6 Å². The molecule has 0 bridgehead atoms. The van der Waals surface area contributed by atoms with Gasteiger partial charge in [0.05, 0.1) is 4.92 Å². The number of hydrogen-bond donors (Lipinski definition) is 1. The normalized spacial score (nSPS) is 9.94. The number of nitro groups is 1.